The largest absolute Gasteiger partial charge is 0.417 e. The van der Waals surface area contributed by atoms with Crippen molar-refractivity contribution < 1.29 is 26.4 Å². The van der Waals surface area contributed by atoms with Crippen LogP contribution in [0, 0.1) is 5.92 Å². The lowest BCUT2D eigenvalue weighted by molar-refractivity contribution is -0.137. The average Bonchev–Trinajstić information content (AvgIpc) is 2.71. The van der Waals surface area contributed by atoms with Crippen molar-refractivity contribution in [3.63, 3.8) is 0 Å². The molecule has 2 heterocycles. The maximum atomic E-state index is 12.6. The predicted octanol–water partition coefficient (Wildman–Crippen LogP) is 2.28. The normalized spacial score (nSPS) is 15.8. The molecule has 1 aromatic carbocycles. The molecule has 0 aliphatic carbocycles. The predicted molar refractivity (Wildman–Crippen MR) is 104 cm³/mol. The van der Waals surface area contributed by atoms with Crippen LogP contribution in [-0.2, 0) is 27.5 Å². The summed E-state index contributed by atoms with van der Waals surface area (Å²) in [4.78, 5) is 18.2. The summed E-state index contributed by atoms with van der Waals surface area (Å²) in [5.74, 6) is 0.127. The van der Waals surface area contributed by atoms with E-state index >= 15 is 0 Å². The SMILES string of the molecule is NS(=O)(=O)c1ccc(CNC(=O)C2CCN(c3ccc(C(F)(F)F)cn3)CC2)cc1. The van der Waals surface area contributed by atoms with Gasteiger partial charge in [0.05, 0.1) is 10.5 Å². The summed E-state index contributed by atoms with van der Waals surface area (Å²) in [5.41, 5.74) is -0.0558. The highest BCUT2D eigenvalue weighted by molar-refractivity contribution is 7.89. The quantitative estimate of drug-likeness (QED) is 0.739. The first-order valence-corrected chi connectivity index (χ1v) is 10.8. The van der Waals surface area contributed by atoms with Crippen LogP contribution in [0.15, 0.2) is 47.5 Å². The topological polar surface area (TPSA) is 105 Å². The molecule has 1 aromatic heterocycles. The number of carbonyl (C=O) groups excluding carboxylic acids is 1. The van der Waals surface area contributed by atoms with E-state index in [1.165, 1.54) is 18.2 Å². The zero-order chi connectivity index (χ0) is 21.9. The highest BCUT2D eigenvalue weighted by Gasteiger charge is 2.31. The van der Waals surface area contributed by atoms with Crippen LogP contribution in [0.3, 0.4) is 0 Å². The van der Waals surface area contributed by atoms with Crippen LogP contribution in [0.5, 0.6) is 0 Å². The Bertz CT molecular complexity index is 985. The van der Waals surface area contributed by atoms with Gasteiger partial charge in [-0.3, -0.25) is 4.79 Å². The van der Waals surface area contributed by atoms with Gasteiger partial charge in [-0.05, 0) is 42.7 Å². The zero-order valence-electron chi connectivity index (χ0n) is 15.9. The first-order chi connectivity index (χ1) is 14.0. The molecule has 162 valence electrons. The lowest BCUT2D eigenvalue weighted by Crippen LogP contribution is -2.40. The van der Waals surface area contributed by atoms with Crippen LogP contribution in [0.25, 0.3) is 0 Å². The van der Waals surface area contributed by atoms with Gasteiger partial charge in [0, 0.05) is 31.7 Å². The van der Waals surface area contributed by atoms with Gasteiger partial charge in [-0.2, -0.15) is 13.2 Å². The Balaban J connectivity index is 1.49. The Hall–Kier alpha value is -2.66. The fraction of sp³-hybridized carbons (Fsp3) is 0.368. The number of anilines is 1. The number of benzene rings is 1. The summed E-state index contributed by atoms with van der Waals surface area (Å²) in [6.07, 6.45) is -2.50. The Morgan fingerprint density at radius 2 is 1.77 bits per heavy atom. The van der Waals surface area contributed by atoms with E-state index in [2.05, 4.69) is 10.3 Å². The van der Waals surface area contributed by atoms with Crippen molar-refractivity contribution in [2.45, 2.75) is 30.5 Å². The Morgan fingerprint density at radius 3 is 2.27 bits per heavy atom. The molecule has 3 N–H and O–H groups in total. The van der Waals surface area contributed by atoms with Gasteiger partial charge in [-0.15, -0.1) is 0 Å². The van der Waals surface area contributed by atoms with Gasteiger partial charge in [0.25, 0.3) is 0 Å². The van der Waals surface area contributed by atoms with Crippen molar-refractivity contribution in [1.29, 1.82) is 0 Å². The van der Waals surface area contributed by atoms with E-state index in [0.717, 1.165) is 17.8 Å². The minimum Gasteiger partial charge on any atom is -0.357 e. The lowest BCUT2D eigenvalue weighted by atomic mass is 9.95. The minimum atomic E-state index is -4.42. The van der Waals surface area contributed by atoms with E-state index < -0.39 is 21.8 Å². The van der Waals surface area contributed by atoms with E-state index in [4.69, 9.17) is 5.14 Å². The Labute approximate surface area is 172 Å². The van der Waals surface area contributed by atoms with Crippen LogP contribution in [0.4, 0.5) is 19.0 Å². The van der Waals surface area contributed by atoms with E-state index in [1.807, 2.05) is 4.90 Å². The number of halogens is 3. The number of amides is 1. The molecule has 0 unspecified atom stereocenters. The van der Waals surface area contributed by atoms with E-state index in [9.17, 15) is 26.4 Å². The van der Waals surface area contributed by atoms with Crippen LogP contribution in [-0.4, -0.2) is 32.4 Å². The molecule has 11 heteroatoms. The number of aromatic nitrogens is 1. The molecule has 1 aliphatic rings. The molecule has 1 fully saturated rings. The molecule has 0 atom stereocenters. The smallest absolute Gasteiger partial charge is 0.357 e. The number of nitrogens with two attached hydrogens (primary N) is 1. The second kappa shape index (κ2) is 8.60. The van der Waals surface area contributed by atoms with Gasteiger partial charge in [0.1, 0.15) is 5.82 Å². The molecular weight excluding hydrogens is 421 g/mol. The maximum absolute atomic E-state index is 12.6. The third-order valence-electron chi connectivity index (χ3n) is 4.98. The van der Waals surface area contributed by atoms with Crippen molar-refractivity contribution in [3.8, 4) is 0 Å². The molecule has 0 spiro atoms. The number of sulfonamides is 1. The van der Waals surface area contributed by atoms with Gasteiger partial charge in [-0.25, -0.2) is 18.5 Å². The minimum absolute atomic E-state index is 0.00169. The second-order valence-corrected chi connectivity index (χ2v) is 8.63. The van der Waals surface area contributed by atoms with E-state index in [1.54, 1.807) is 12.1 Å². The van der Waals surface area contributed by atoms with Gasteiger partial charge in [0.2, 0.25) is 15.9 Å². The maximum Gasteiger partial charge on any atom is 0.417 e. The zero-order valence-corrected chi connectivity index (χ0v) is 16.7. The second-order valence-electron chi connectivity index (χ2n) is 7.07. The Morgan fingerprint density at radius 1 is 1.13 bits per heavy atom. The molecular formula is C19H21F3N4O3S. The lowest BCUT2D eigenvalue weighted by Gasteiger charge is -2.32. The molecule has 2 aromatic rings. The number of primary sulfonamides is 1. The van der Waals surface area contributed by atoms with Crippen LogP contribution in [0.2, 0.25) is 0 Å². The van der Waals surface area contributed by atoms with Crippen molar-refractivity contribution in [2.24, 2.45) is 11.1 Å². The number of pyridine rings is 1. The molecule has 0 bridgehead atoms. The van der Waals surface area contributed by atoms with E-state index in [-0.39, 0.29) is 23.3 Å². The Kier molecular flexibility index (Phi) is 6.32. The van der Waals surface area contributed by atoms with Gasteiger partial charge in [0.15, 0.2) is 0 Å². The number of piperidine rings is 1. The molecule has 3 rings (SSSR count). The van der Waals surface area contributed by atoms with Crippen LogP contribution < -0.4 is 15.4 Å². The monoisotopic (exact) mass is 442 g/mol. The fourth-order valence-electron chi connectivity index (χ4n) is 3.24. The molecule has 30 heavy (non-hydrogen) atoms. The third kappa shape index (κ3) is 5.48. The molecule has 0 radical (unpaired) electrons. The number of carbonyl (C=O) groups is 1. The first-order valence-electron chi connectivity index (χ1n) is 9.22. The van der Waals surface area contributed by atoms with Crippen molar-refractivity contribution in [2.75, 3.05) is 18.0 Å². The summed E-state index contributed by atoms with van der Waals surface area (Å²) in [6, 6.07) is 8.27. The van der Waals surface area contributed by atoms with Crippen molar-refractivity contribution >= 4 is 21.7 Å². The number of hydrogen-bond donors (Lipinski definition) is 2. The van der Waals surface area contributed by atoms with Gasteiger partial charge >= 0.3 is 6.18 Å². The highest BCUT2D eigenvalue weighted by atomic mass is 32.2. The standard InChI is InChI=1S/C19H21F3N4O3S/c20-19(21,22)15-3-6-17(24-12-15)26-9-7-14(8-10-26)18(27)25-11-13-1-4-16(5-2-13)30(23,28)29/h1-6,12,14H,7-11H2,(H,25,27)(H2,23,28,29). The van der Waals surface area contributed by atoms with Crippen LogP contribution >= 0.6 is 0 Å². The summed E-state index contributed by atoms with van der Waals surface area (Å²) in [7, 11) is -3.76. The van der Waals surface area contributed by atoms with Crippen molar-refractivity contribution in [1.82, 2.24) is 10.3 Å². The summed E-state index contributed by atoms with van der Waals surface area (Å²) >= 11 is 0. The molecule has 1 saturated heterocycles. The summed E-state index contributed by atoms with van der Waals surface area (Å²) in [5, 5.41) is 7.88. The average molecular weight is 442 g/mol. The molecule has 0 saturated carbocycles. The van der Waals surface area contributed by atoms with Gasteiger partial charge in [-0.1, -0.05) is 12.1 Å². The number of hydrogen-bond acceptors (Lipinski definition) is 5. The van der Waals surface area contributed by atoms with E-state index in [0.29, 0.717) is 31.7 Å². The number of alkyl halides is 3. The third-order valence-corrected chi connectivity index (χ3v) is 5.91. The highest BCUT2D eigenvalue weighted by Crippen LogP contribution is 2.30. The number of rotatable bonds is 5. The summed E-state index contributed by atoms with van der Waals surface area (Å²) < 4.78 is 60.4. The fourth-order valence-corrected chi connectivity index (χ4v) is 3.76. The molecule has 7 nitrogen and oxygen atoms in total. The number of nitrogens with one attached hydrogen (secondary N) is 1. The molecule has 1 aliphatic heterocycles. The summed E-state index contributed by atoms with van der Waals surface area (Å²) in [6.45, 7) is 1.28. The van der Waals surface area contributed by atoms with Gasteiger partial charge < -0.3 is 10.2 Å². The number of nitrogens with zero attached hydrogens (tertiary/aromatic N) is 2. The van der Waals surface area contributed by atoms with Crippen LogP contribution in [0.1, 0.15) is 24.0 Å². The molecule has 1 amide bonds. The van der Waals surface area contributed by atoms with Crippen molar-refractivity contribution in [3.05, 3.63) is 53.7 Å². The first kappa shape index (κ1) is 22.0.